The second kappa shape index (κ2) is 5.13. The summed E-state index contributed by atoms with van der Waals surface area (Å²) in [6, 6.07) is 9.34. The van der Waals surface area contributed by atoms with E-state index in [-0.39, 0.29) is 6.10 Å². The molecule has 0 bridgehead atoms. The third kappa shape index (κ3) is 2.60. The number of fused-ring (bicyclic) bond motifs is 1. The zero-order valence-corrected chi connectivity index (χ0v) is 12.0. The average molecular weight is 288 g/mol. The Hall–Kier alpha value is -2.07. The van der Waals surface area contributed by atoms with Crippen molar-refractivity contribution in [3.8, 4) is 5.75 Å². The highest BCUT2D eigenvalue weighted by atomic mass is 35.5. The van der Waals surface area contributed by atoms with E-state index >= 15 is 0 Å². The van der Waals surface area contributed by atoms with Crippen molar-refractivity contribution in [3.63, 3.8) is 0 Å². The van der Waals surface area contributed by atoms with E-state index in [1.54, 1.807) is 12.3 Å². The molecule has 20 heavy (non-hydrogen) atoms. The molecule has 1 unspecified atom stereocenters. The molecule has 0 aliphatic rings. The van der Waals surface area contributed by atoms with E-state index in [0.717, 1.165) is 22.7 Å². The van der Waals surface area contributed by atoms with Crippen LogP contribution in [0.15, 0.2) is 36.5 Å². The minimum atomic E-state index is -0.206. The lowest BCUT2D eigenvalue weighted by atomic mass is 10.3. The molecule has 4 nitrogen and oxygen atoms in total. The van der Waals surface area contributed by atoms with Crippen molar-refractivity contribution in [2.75, 3.05) is 0 Å². The van der Waals surface area contributed by atoms with Crippen LogP contribution in [-0.2, 0) is 0 Å². The third-order valence-corrected chi connectivity index (χ3v) is 3.22. The highest BCUT2D eigenvalue weighted by molar-refractivity contribution is 6.30. The number of H-pyrrole nitrogens is 1. The SMILES string of the molecule is Cc1cnc2nc(C(C)Oc3cccc(Cl)c3)[nH]c2c1. The monoisotopic (exact) mass is 287 g/mol. The molecule has 0 radical (unpaired) electrons. The Labute approximate surface area is 121 Å². The van der Waals surface area contributed by atoms with Gasteiger partial charge in [-0.05, 0) is 43.7 Å². The topological polar surface area (TPSA) is 50.8 Å². The van der Waals surface area contributed by atoms with Crippen LogP contribution in [0.3, 0.4) is 0 Å². The van der Waals surface area contributed by atoms with E-state index < -0.39 is 0 Å². The molecule has 1 aromatic carbocycles. The summed E-state index contributed by atoms with van der Waals surface area (Å²) in [6.45, 7) is 3.93. The first-order valence-corrected chi connectivity index (χ1v) is 6.74. The molecule has 0 spiro atoms. The molecule has 0 amide bonds. The van der Waals surface area contributed by atoms with Gasteiger partial charge >= 0.3 is 0 Å². The van der Waals surface area contributed by atoms with Gasteiger partial charge in [-0.25, -0.2) is 9.97 Å². The zero-order chi connectivity index (χ0) is 14.1. The van der Waals surface area contributed by atoms with Crippen LogP contribution in [-0.4, -0.2) is 15.0 Å². The molecular weight excluding hydrogens is 274 g/mol. The van der Waals surface area contributed by atoms with Crippen LogP contribution in [0.1, 0.15) is 24.4 Å². The van der Waals surface area contributed by atoms with Gasteiger partial charge in [0.05, 0.1) is 5.52 Å². The van der Waals surface area contributed by atoms with Gasteiger partial charge in [0.2, 0.25) is 0 Å². The van der Waals surface area contributed by atoms with Crippen molar-refractivity contribution >= 4 is 22.8 Å². The molecule has 0 saturated carbocycles. The minimum Gasteiger partial charge on any atom is -0.483 e. The largest absolute Gasteiger partial charge is 0.483 e. The quantitative estimate of drug-likeness (QED) is 0.790. The number of pyridine rings is 1. The van der Waals surface area contributed by atoms with Gasteiger partial charge in [0.25, 0.3) is 0 Å². The summed E-state index contributed by atoms with van der Waals surface area (Å²) in [6.07, 6.45) is 1.60. The molecular formula is C15H14ClN3O. The standard InChI is InChI=1S/C15H14ClN3O/c1-9-6-13-15(17-8-9)19-14(18-13)10(2)20-12-5-3-4-11(16)7-12/h3-8,10H,1-2H3,(H,17,18,19). The number of ether oxygens (including phenoxy) is 1. The van der Waals surface area contributed by atoms with Gasteiger partial charge in [0.15, 0.2) is 11.8 Å². The summed E-state index contributed by atoms with van der Waals surface area (Å²) in [5.41, 5.74) is 2.71. The van der Waals surface area contributed by atoms with Gasteiger partial charge < -0.3 is 9.72 Å². The van der Waals surface area contributed by atoms with Crippen molar-refractivity contribution in [2.24, 2.45) is 0 Å². The summed E-state index contributed by atoms with van der Waals surface area (Å²) in [5.74, 6) is 1.47. The molecule has 1 atom stereocenters. The Morgan fingerprint density at radius 1 is 1.30 bits per heavy atom. The van der Waals surface area contributed by atoms with Crippen molar-refractivity contribution in [3.05, 3.63) is 52.9 Å². The van der Waals surface area contributed by atoms with Gasteiger partial charge in [-0.15, -0.1) is 0 Å². The van der Waals surface area contributed by atoms with Gasteiger partial charge in [-0.1, -0.05) is 17.7 Å². The first-order chi connectivity index (χ1) is 9.61. The lowest BCUT2D eigenvalue weighted by Crippen LogP contribution is -2.04. The first-order valence-electron chi connectivity index (χ1n) is 6.36. The average Bonchev–Trinajstić information content (AvgIpc) is 2.81. The summed E-state index contributed by atoms with van der Waals surface area (Å²) >= 11 is 5.94. The molecule has 0 fully saturated rings. The molecule has 3 rings (SSSR count). The number of hydrogen-bond donors (Lipinski definition) is 1. The van der Waals surface area contributed by atoms with E-state index in [2.05, 4.69) is 15.0 Å². The van der Waals surface area contributed by atoms with Gasteiger partial charge in [0.1, 0.15) is 11.6 Å². The number of hydrogen-bond acceptors (Lipinski definition) is 3. The molecule has 5 heteroatoms. The minimum absolute atomic E-state index is 0.206. The molecule has 0 saturated heterocycles. The zero-order valence-electron chi connectivity index (χ0n) is 11.2. The fourth-order valence-electron chi connectivity index (χ4n) is 2.02. The van der Waals surface area contributed by atoms with Crippen molar-refractivity contribution in [2.45, 2.75) is 20.0 Å². The molecule has 0 aliphatic carbocycles. The number of aryl methyl sites for hydroxylation is 1. The van der Waals surface area contributed by atoms with Crippen molar-refractivity contribution < 1.29 is 4.74 Å². The molecule has 1 N–H and O–H groups in total. The van der Waals surface area contributed by atoms with Crippen LogP contribution >= 0.6 is 11.6 Å². The molecule has 3 aromatic rings. The number of rotatable bonds is 3. The number of aromatic amines is 1. The Bertz CT molecular complexity index is 754. The van der Waals surface area contributed by atoms with Gasteiger partial charge in [0, 0.05) is 11.2 Å². The van der Waals surface area contributed by atoms with Crippen LogP contribution in [0.2, 0.25) is 5.02 Å². The fraction of sp³-hybridized carbons (Fsp3) is 0.200. The predicted octanol–water partition coefficient (Wildman–Crippen LogP) is 4.06. The Morgan fingerprint density at radius 3 is 2.95 bits per heavy atom. The van der Waals surface area contributed by atoms with Crippen molar-refractivity contribution in [1.29, 1.82) is 0 Å². The number of imidazole rings is 1. The van der Waals surface area contributed by atoms with E-state index in [0.29, 0.717) is 10.7 Å². The highest BCUT2D eigenvalue weighted by Gasteiger charge is 2.13. The third-order valence-electron chi connectivity index (χ3n) is 2.99. The predicted molar refractivity (Wildman–Crippen MR) is 79.1 cm³/mol. The highest BCUT2D eigenvalue weighted by Crippen LogP contribution is 2.24. The second-order valence-electron chi connectivity index (χ2n) is 4.72. The van der Waals surface area contributed by atoms with Crippen LogP contribution in [0.4, 0.5) is 0 Å². The lowest BCUT2D eigenvalue weighted by molar-refractivity contribution is 0.218. The summed E-state index contributed by atoms with van der Waals surface area (Å²) in [5, 5.41) is 0.650. The molecule has 102 valence electrons. The molecule has 2 heterocycles. The van der Waals surface area contributed by atoms with Crippen LogP contribution in [0, 0.1) is 6.92 Å². The van der Waals surface area contributed by atoms with Crippen LogP contribution in [0.5, 0.6) is 5.75 Å². The Morgan fingerprint density at radius 2 is 2.15 bits per heavy atom. The van der Waals surface area contributed by atoms with Gasteiger partial charge in [-0.3, -0.25) is 0 Å². The fourth-order valence-corrected chi connectivity index (χ4v) is 2.20. The van der Waals surface area contributed by atoms with E-state index in [9.17, 15) is 0 Å². The number of nitrogens with one attached hydrogen (secondary N) is 1. The first kappa shape index (κ1) is 12.9. The second-order valence-corrected chi connectivity index (χ2v) is 5.16. The van der Waals surface area contributed by atoms with E-state index in [4.69, 9.17) is 16.3 Å². The maximum Gasteiger partial charge on any atom is 0.177 e. The summed E-state index contributed by atoms with van der Waals surface area (Å²) in [4.78, 5) is 12.0. The van der Waals surface area contributed by atoms with Crippen LogP contribution < -0.4 is 4.74 Å². The van der Waals surface area contributed by atoms with Crippen molar-refractivity contribution in [1.82, 2.24) is 15.0 Å². The summed E-state index contributed by atoms with van der Waals surface area (Å²) in [7, 11) is 0. The van der Waals surface area contributed by atoms with E-state index in [1.165, 1.54) is 0 Å². The maximum absolute atomic E-state index is 5.94. The maximum atomic E-state index is 5.94. The molecule has 2 aromatic heterocycles. The normalized spacial score (nSPS) is 12.6. The Balaban J connectivity index is 1.86. The number of benzene rings is 1. The number of nitrogens with zero attached hydrogens (tertiary/aromatic N) is 2. The number of halogens is 1. The summed E-state index contributed by atoms with van der Waals surface area (Å²) < 4.78 is 5.84. The lowest BCUT2D eigenvalue weighted by Gasteiger charge is -2.12. The smallest absolute Gasteiger partial charge is 0.177 e. The van der Waals surface area contributed by atoms with Gasteiger partial charge in [-0.2, -0.15) is 0 Å². The Kier molecular flexibility index (Phi) is 3.32. The molecule has 0 aliphatic heterocycles. The van der Waals surface area contributed by atoms with Crippen LogP contribution in [0.25, 0.3) is 11.2 Å². The number of aromatic nitrogens is 3. The van der Waals surface area contributed by atoms with E-state index in [1.807, 2.05) is 38.1 Å².